The van der Waals surface area contributed by atoms with Crippen molar-refractivity contribution >= 4 is 21.8 Å². The number of hydrogen-bond donors (Lipinski definition) is 1. The molecule has 0 saturated carbocycles. The number of benzene rings is 1. The Morgan fingerprint density at radius 2 is 2.15 bits per heavy atom. The summed E-state index contributed by atoms with van der Waals surface area (Å²) in [6.07, 6.45) is 1.68. The lowest BCUT2D eigenvalue weighted by molar-refractivity contribution is 0.0950. The van der Waals surface area contributed by atoms with Crippen LogP contribution in [0.5, 0.6) is 5.88 Å². The van der Waals surface area contributed by atoms with Crippen molar-refractivity contribution in [1.29, 1.82) is 0 Å². The number of amides is 1. The van der Waals surface area contributed by atoms with Crippen LogP contribution < -0.4 is 10.1 Å². The maximum atomic E-state index is 12.1. The number of nitrogens with one attached hydrogen (secondary N) is 1. The highest BCUT2D eigenvalue weighted by atomic mass is 79.9. The molecule has 0 bridgehead atoms. The van der Waals surface area contributed by atoms with E-state index < -0.39 is 0 Å². The highest BCUT2D eigenvalue weighted by Gasteiger charge is 2.10. The van der Waals surface area contributed by atoms with Crippen molar-refractivity contribution < 1.29 is 9.53 Å². The van der Waals surface area contributed by atoms with Gasteiger partial charge in [0, 0.05) is 23.3 Å². The van der Waals surface area contributed by atoms with E-state index >= 15 is 0 Å². The van der Waals surface area contributed by atoms with Crippen molar-refractivity contribution in [3.05, 3.63) is 57.7 Å². The lowest BCUT2D eigenvalue weighted by Gasteiger charge is -2.08. The van der Waals surface area contributed by atoms with Crippen LogP contribution in [0.2, 0.25) is 0 Å². The predicted octanol–water partition coefficient (Wildman–Crippen LogP) is 3.09. The first kappa shape index (κ1) is 14.5. The number of pyridine rings is 1. The van der Waals surface area contributed by atoms with E-state index in [1.165, 1.54) is 0 Å². The molecule has 2 aromatic rings. The quantitative estimate of drug-likeness (QED) is 0.934. The second-order valence-electron chi connectivity index (χ2n) is 4.33. The predicted molar refractivity (Wildman–Crippen MR) is 80.8 cm³/mol. The first-order chi connectivity index (χ1) is 9.61. The summed E-state index contributed by atoms with van der Waals surface area (Å²) in [4.78, 5) is 16.2. The molecular weight excluding hydrogens is 320 g/mol. The van der Waals surface area contributed by atoms with Crippen LogP contribution in [-0.4, -0.2) is 18.0 Å². The minimum atomic E-state index is -0.114. The maximum Gasteiger partial charge on any atom is 0.252 e. The molecule has 0 radical (unpaired) electrons. The van der Waals surface area contributed by atoms with Gasteiger partial charge in [-0.25, -0.2) is 4.98 Å². The number of halogens is 1. The molecule has 1 aromatic carbocycles. The van der Waals surface area contributed by atoms with E-state index in [2.05, 4.69) is 26.2 Å². The summed E-state index contributed by atoms with van der Waals surface area (Å²) >= 11 is 3.44. The van der Waals surface area contributed by atoms with E-state index in [4.69, 9.17) is 4.74 Å². The average Bonchev–Trinajstić information content (AvgIpc) is 2.48. The summed E-state index contributed by atoms with van der Waals surface area (Å²) in [6, 6.07) is 9.25. The molecule has 1 heterocycles. The van der Waals surface area contributed by atoms with Gasteiger partial charge in [-0.05, 0) is 40.0 Å². The molecule has 1 amide bonds. The van der Waals surface area contributed by atoms with Crippen LogP contribution in [-0.2, 0) is 6.54 Å². The third-order valence-electron chi connectivity index (χ3n) is 2.90. The van der Waals surface area contributed by atoms with Crippen LogP contribution in [0.1, 0.15) is 21.5 Å². The third-order valence-corrected chi connectivity index (χ3v) is 3.95. The van der Waals surface area contributed by atoms with Crippen LogP contribution in [0.4, 0.5) is 0 Å². The molecule has 0 aliphatic carbocycles. The fraction of sp³-hybridized carbons (Fsp3) is 0.200. The Morgan fingerprint density at radius 1 is 1.35 bits per heavy atom. The summed E-state index contributed by atoms with van der Waals surface area (Å²) in [5.74, 6) is 0.442. The van der Waals surface area contributed by atoms with Gasteiger partial charge in [0.25, 0.3) is 5.91 Å². The van der Waals surface area contributed by atoms with Gasteiger partial charge < -0.3 is 10.1 Å². The summed E-state index contributed by atoms with van der Waals surface area (Å²) in [7, 11) is 1.57. The van der Waals surface area contributed by atoms with E-state index in [1.807, 2.05) is 25.1 Å². The van der Waals surface area contributed by atoms with Crippen LogP contribution >= 0.6 is 15.9 Å². The Balaban J connectivity index is 2.02. The van der Waals surface area contributed by atoms with E-state index in [9.17, 15) is 4.79 Å². The summed E-state index contributed by atoms with van der Waals surface area (Å²) in [6.45, 7) is 2.38. The summed E-state index contributed by atoms with van der Waals surface area (Å²) in [5.41, 5.74) is 2.58. The lowest BCUT2D eigenvalue weighted by atomic mass is 10.1. The summed E-state index contributed by atoms with van der Waals surface area (Å²) < 4.78 is 5.81. The van der Waals surface area contributed by atoms with Gasteiger partial charge in [0.1, 0.15) is 0 Å². The lowest BCUT2D eigenvalue weighted by Crippen LogP contribution is -2.23. The monoisotopic (exact) mass is 334 g/mol. The van der Waals surface area contributed by atoms with Crippen molar-refractivity contribution in [2.24, 2.45) is 0 Å². The maximum absolute atomic E-state index is 12.1. The molecule has 20 heavy (non-hydrogen) atoms. The van der Waals surface area contributed by atoms with Crippen LogP contribution in [0.25, 0.3) is 0 Å². The number of ether oxygens (including phenoxy) is 1. The zero-order valence-corrected chi connectivity index (χ0v) is 12.9. The zero-order valence-electron chi connectivity index (χ0n) is 11.3. The third kappa shape index (κ3) is 3.36. The zero-order chi connectivity index (χ0) is 14.5. The number of nitrogens with zero attached hydrogens (tertiary/aromatic N) is 1. The molecule has 0 spiro atoms. The Bertz CT molecular complexity index is 612. The smallest absolute Gasteiger partial charge is 0.252 e. The number of aryl methyl sites for hydroxylation is 1. The second-order valence-corrected chi connectivity index (χ2v) is 5.12. The molecule has 4 nitrogen and oxygen atoms in total. The molecule has 0 aliphatic heterocycles. The highest BCUT2D eigenvalue weighted by molar-refractivity contribution is 9.10. The summed E-state index contributed by atoms with van der Waals surface area (Å²) in [5, 5.41) is 2.87. The molecule has 0 fully saturated rings. The minimum Gasteiger partial charge on any atom is -0.481 e. The Kier molecular flexibility index (Phi) is 4.74. The van der Waals surface area contributed by atoms with Gasteiger partial charge in [0.05, 0.1) is 12.7 Å². The fourth-order valence-corrected chi connectivity index (χ4v) is 2.18. The molecule has 0 saturated heterocycles. The van der Waals surface area contributed by atoms with Crippen LogP contribution in [0.15, 0.2) is 41.0 Å². The Labute approximate surface area is 126 Å². The first-order valence-corrected chi connectivity index (χ1v) is 6.93. The number of carbonyl (C=O) groups excluding carboxylic acids is 1. The van der Waals surface area contributed by atoms with Gasteiger partial charge in [-0.1, -0.05) is 18.2 Å². The molecule has 2 rings (SSSR count). The van der Waals surface area contributed by atoms with Gasteiger partial charge in [-0.3, -0.25) is 4.79 Å². The number of rotatable bonds is 4. The fourth-order valence-electron chi connectivity index (χ4n) is 1.74. The number of hydrogen-bond acceptors (Lipinski definition) is 3. The first-order valence-electron chi connectivity index (χ1n) is 6.14. The molecule has 104 valence electrons. The van der Waals surface area contributed by atoms with Gasteiger partial charge in [0.15, 0.2) is 0 Å². The molecular formula is C15H15BrN2O2. The van der Waals surface area contributed by atoms with Gasteiger partial charge >= 0.3 is 0 Å². The standard InChI is InChI=1S/C15H15BrN2O2/c1-10-4-3-5-12(14(10)16)15(19)18-9-11-6-7-13(20-2)17-8-11/h3-8H,9H2,1-2H3,(H,18,19). The molecule has 0 atom stereocenters. The van der Waals surface area contributed by atoms with Crippen molar-refractivity contribution in [2.75, 3.05) is 7.11 Å². The molecule has 0 aliphatic rings. The van der Waals surface area contributed by atoms with Crippen LogP contribution in [0.3, 0.4) is 0 Å². The second kappa shape index (κ2) is 6.52. The molecule has 1 N–H and O–H groups in total. The van der Waals surface area contributed by atoms with Crippen molar-refractivity contribution in [2.45, 2.75) is 13.5 Å². The normalized spacial score (nSPS) is 10.2. The molecule has 0 unspecified atom stereocenters. The molecule has 5 heteroatoms. The van der Waals surface area contributed by atoms with Crippen molar-refractivity contribution in [1.82, 2.24) is 10.3 Å². The van der Waals surface area contributed by atoms with E-state index in [0.29, 0.717) is 18.0 Å². The largest absolute Gasteiger partial charge is 0.481 e. The number of methoxy groups -OCH3 is 1. The molecule has 1 aromatic heterocycles. The van der Waals surface area contributed by atoms with Crippen molar-refractivity contribution in [3.8, 4) is 5.88 Å². The minimum absolute atomic E-state index is 0.114. The van der Waals surface area contributed by atoms with Gasteiger partial charge in [-0.2, -0.15) is 0 Å². The Hall–Kier alpha value is -1.88. The Morgan fingerprint density at radius 3 is 2.80 bits per heavy atom. The van der Waals surface area contributed by atoms with Gasteiger partial charge in [-0.15, -0.1) is 0 Å². The van der Waals surface area contributed by atoms with E-state index in [-0.39, 0.29) is 5.91 Å². The van der Waals surface area contributed by atoms with E-state index in [1.54, 1.807) is 25.4 Å². The highest BCUT2D eigenvalue weighted by Crippen LogP contribution is 2.20. The number of aromatic nitrogens is 1. The topological polar surface area (TPSA) is 51.2 Å². The van der Waals surface area contributed by atoms with E-state index in [0.717, 1.165) is 15.6 Å². The SMILES string of the molecule is COc1ccc(CNC(=O)c2cccc(C)c2Br)cn1. The van der Waals surface area contributed by atoms with Gasteiger partial charge in [0.2, 0.25) is 5.88 Å². The van der Waals surface area contributed by atoms with Crippen molar-refractivity contribution in [3.63, 3.8) is 0 Å². The van der Waals surface area contributed by atoms with Crippen LogP contribution in [0, 0.1) is 6.92 Å². The number of carbonyl (C=O) groups is 1. The average molecular weight is 335 g/mol.